The van der Waals surface area contributed by atoms with Crippen molar-refractivity contribution < 1.29 is 19.7 Å². The molecule has 0 bridgehead atoms. The lowest BCUT2D eigenvalue weighted by Crippen LogP contribution is -2.73. The largest absolute Gasteiger partial charge is 0.496 e. The lowest BCUT2D eigenvalue weighted by Gasteiger charge is -2.60. The number of aliphatic hydroxyl groups is 2. The highest BCUT2D eigenvalue weighted by molar-refractivity contribution is 5.95. The monoisotopic (exact) mass is 538 g/mol. The Morgan fingerprint density at radius 3 is 2.67 bits per heavy atom. The maximum Gasteiger partial charge on any atom is 0.254 e. The van der Waals surface area contributed by atoms with E-state index in [4.69, 9.17) is 15.6 Å². The van der Waals surface area contributed by atoms with E-state index in [-0.39, 0.29) is 36.5 Å². The summed E-state index contributed by atoms with van der Waals surface area (Å²) in [5.41, 5.74) is 8.94. The number of hydrogen-bond acceptors (Lipinski definition) is 10. The number of carbonyl (C=O) groups is 1. The Balaban J connectivity index is 1.33. The van der Waals surface area contributed by atoms with Crippen LogP contribution >= 0.6 is 0 Å². The average Bonchev–Trinajstić information content (AvgIpc) is 3.27. The number of aliphatic hydroxyl groups excluding tert-OH is 2. The van der Waals surface area contributed by atoms with Gasteiger partial charge in [0.2, 0.25) is 5.95 Å². The first kappa shape index (κ1) is 27.1. The second-order valence-electron chi connectivity index (χ2n) is 10.7. The minimum absolute atomic E-state index is 0.00293. The Morgan fingerprint density at radius 2 is 1.97 bits per heavy atom. The fourth-order valence-corrected chi connectivity index (χ4v) is 5.88. The number of fused-ring (bicyclic) bond motifs is 1. The predicted molar refractivity (Wildman–Crippen MR) is 148 cm³/mol. The maximum absolute atomic E-state index is 13.2. The van der Waals surface area contributed by atoms with Gasteiger partial charge in [0, 0.05) is 61.9 Å². The van der Waals surface area contributed by atoms with Gasteiger partial charge >= 0.3 is 0 Å². The van der Waals surface area contributed by atoms with Gasteiger partial charge in [0.1, 0.15) is 16.8 Å². The lowest BCUT2D eigenvalue weighted by molar-refractivity contribution is -0.101. The lowest BCUT2D eigenvalue weighted by atomic mass is 9.72. The molecule has 3 aromatic rings. The molecule has 2 saturated heterocycles. The third kappa shape index (κ3) is 5.49. The number of rotatable bonds is 12. The second kappa shape index (κ2) is 11.3. The van der Waals surface area contributed by atoms with Crippen LogP contribution in [0.2, 0.25) is 0 Å². The zero-order valence-electron chi connectivity index (χ0n) is 22.6. The molecule has 5 N–H and O–H groups in total. The van der Waals surface area contributed by atoms with Crippen LogP contribution in [0.5, 0.6) is 5.75 Å². The van der Waals surface area contributed by atoms with Crippen molar-refractivity contribution in [1.82, 2.24) is 29.5 Å². The van der Waals surface area contributed by atoms with Crippen LogP contribution in [0.1, 0.15) is 42.1 Å². The molecule has 12 nitrogen and oxygen atoms in total. The van der Waals surface area contributed by atoms with Gasteiger partial charge in [-0.25, -0.2) is 4.98 Å². The van der Waals surface area contributed by atoms with Crippen molar-refractivity contribution in [1.29, 1.82) is 0 Å². The molecule has 2 fully saturated rings. The first-order valence-electron chi connectivity index (χ1n) is 13.5. The number of amides is 1. The summed E-state index contributed by atoms with van der Waals surface area (Å²) >= 11 is 0. The van der Waals surface area contributed by atoms with Crippen LogP contribution in [0.15, 0.2) is 24.4 Å². The Bertz CT molecular complexity index is 1310. The summed E-state index contributed by atoms with van der Waals surface area (Å²) in [6.07, 6.45) is 4.09. The smallest absolute Gasteiger partial charge is 0.254 e. The number of carbonyl (C=O) groups excluding carboxylic acids is 1. The zero-order chi connectivity index (χ0) is 27.6. The van der Waals surface area contributed by atoms with Gasteiger partial charge in [0.05, 0.1) is 26.5 Å². The van der Waals surface area contributed by atoms with Gasteiger partial charge in [0.25, 0.3) is 5.91 Å². The number of benzene rings is 1. The van der Waals surface area contributed by atoms with E-state index in [1.807, 2.05) is 17.0 Å². The molecule has 0 saturated carbocycles. The van der Waals surface area contributed by atoms with Gasteiger partial charge in [-0.15, -0.1) is 0 Å². The highest BCUT2D eigenvalue weighted by atomic mass is 16.5. The summed E-state index contributed by atoms with van der Waals surface area (Å²) in [5.74, 6) is 1.33. The third-order valence-electron chi connectivity index (χ3n) is 7.69. The molecule has 2 aliphatic rings. The number of anilines is 2. The van der Waals surface area contributed by atoms with E-state index in [9.17, 15) is 9.90 Å². The van der Waals surface area contributed by atoms with E-state index < -0.39 is 0 Å². The quantitative estimate of drug-likeness (QED) is 0.264. The Labute approximate surface area is 227 Å². The number of ether oxygens (including phenoxy) is 1. The molecule has 2 aliphatic heterocycles. The second-order valence-corrected chi connectivity index (χ2v) is 10.7. The van der Waals surface area contributed by atoms with Gasteiger partial charge in [-0.2, -0.15) is 10.1 Å². The van der Waals surface area contributed by atoms with Crippen molar-refractivity contribution in [3.63, 3.8) is 0 Å². The number of methoxy groups -OCH3 is 1. The third-order valence-corrected chi connectivity index (χ3v) is 7.69. The van der Waals surface area contributed by atoms with Crippen molar-refractivity contribution in [2.24, 2.45) is 5.41 Å². The van der Waals surface area contributed by atoms with E-state index in [1.165, 1.54) is 0 Å². The number of aromatic nitrogens is 4. The molecule has 0 aliphatic carbocycles. The summed E-state index contributed by atoms with van der Waals surface area (Å²) < 4.78 is 7.48. The van der Waals surface area contributed by atoms with Crippen molar-refractivity contribution in [2.75, 3.05) is 64.1 Å². The molecule has 0 unspecified atom stereocenters. The average molecular weight is 539 g/mol. The number of nitrogens with one attached hydrogen (secondary N) is 1. The van der Waals surface area contributed by atoms with Crippen LogP contribution < -0.4 is 15.8 Å². The number of nitrogens with two attached hydrogens (primary N) is 1. The van der Waals surface area contributed by atoms with E-state index in [0.717, 1.165) is 44.6 Å². The first-order valence-corrected chi connectivity index (χ1v) is 13.5. The summed E-state index contributed by atoms with van der Waals surface area (Å²) in [5, 5.41) is 26.6. The molecule has 12 heteroatoms. The van der Waals surface area contributed by atoms with E-state index in [1.54, 1.807) is 24.1 Å². The number of nitrogens with zero attached hydrogens (tertiary/aromatic N) is 6. The highest BCUT2D eigenvalue weighted by Gasteiger charge is 2.52. The minimum Gasteiger partial charge on any atom is -0.496 e. The summed E-state index contributed by atoms with van der Waals surface area (Å²) in [7, 11) is 1.60. The van der Waals surface area contributed by atoms with Crippen LogP contribution in [0.3, 0.4) is 0 Å². The SMILES string of the molecule is CCC[C@@H](CCO)Nc1nc(N)nc2cnn(Cc3ccc(C(=O)N4CC5(CN(CCO)C5)C4)cc3OC)c12. The van der Waals surface area contributed by atoms with Gasteiger partial charge in [-0.05, 0) is 25.0 Å². The number of likely N-dealkylation sites (tertiary alicyclic amines) is 2. The molecular weight excluding hydrogens is 500 g/mol. The standard InChI is InChI=1S/C27H38N8O4/c1-3-4-20(7-9-36)30-24-23-21(31-26(28)32-24)12-29-35(23)13-19-6-5-18(11-22(19)39-2)25(38)34-16-27(17-34)14-33(15-27)8-10-37/h5-6,11-12,20,36-37H,3-4,7-10,13-17H2,1-2H3,(H3,28,30,31,32)/t20-/m0/s1. The molecule has 2 aromatic heterocycles. The molecule has 1 atom stereocenters. The molecule has 210 valence electrons. The van der Waals surface area contributed by atoms with Crippen molar-refractivity contribution in [3.8, 4) is 5.75 Å². The molecule has 39 heavy (non-hydrogen) atoms. The fourth-order valence-electron chi connectivity index (χ4n) is 5.88. The van der Waals surface area contributed by atoms with Crippen LogP contribution in [-0.4, -0.2) is 105 Å². The Morgan fingerprint density at radius 1 is 1.18 bits per heavy atom. The fraction of sp³-hybridized carbons (Fsp3) is 0.556. The maximum atomic E-state index is 13.2. The summed E-state index contributed by atoms with van der Waals surface area (Å²) in [4.78, 5) is 26.1. The number of nitrogen functional groups attached to an aromatic ring is 1. The summed E-state index contributed by atoms with van der Waals surface area (Å²) in [6.45, 7) is 6.77. The van der Waals surface area contributed by atoms with Gasteiger partial charge < -0.3 is 30.9 Å². The van der Waals surface area contributed by atoms with Gasteiger partial charge in [-0.1, -0.05) is 19.4 Å². The molecule has 1 amide bonds. The predicted octanol–water partition coefficient (Wildman–Crippen LogP) is 1.18. The molecule has 0 radical (unpaired) electrons. The van der Waals surface area contributed by atoms with E-state index in [2.05, 4.69) is 32.2 Å². The zero-order valence-corrected chi connectivity index (χ0v) is 22.6. The van der Waals surface area contributed by atoms with Crippen molar-refractivity contribution >= 4 is 28.7 Å². The topological polar surface area (TPSA) is 155 Å². The Hall–Kier alpha value is -3.48. The van der Waals surface area contributed by atoms with Gasteiger partial charge in [-0.3, -0.25) is 14.4 Å². The van der Waals surface area contributed by atoms with Crippen LogP contribution in [0.4, 0.5) is 11.8 Å². The molecule has 1 spiro atoms. The number of hydrogen-bond donors (Lipinski definition) is 4. The molecular formula is C27H38N8O4. The summed E-state index contributed by atoms with van der Waals surface area (Å²) in [6, 6.07) is 5.57. The molecule has 1 aromatic carbocycles. The van der Waals surface area contributed by atoms with Crippen LogP contribution in [0, 0.1) is 5.41 Å². The van der Waals surface area contributed by atoms with E-state index >= 15 is 0 Å². The van der Waals surface area contributed by atoms with Crippen molar-refractivity contribution in [3.05, 3.63) is 35.5 Å². The van der Waals surface area contributed by atoms with Crippen LogP contribution in [-0.2, 0) is 6.54 Å². The normalized spacial score (nSPS) is 17.2. The number of β-amino-alcohol motifs (C(OH)–C–C–N with tert-alkyl or cyclic N) is 1. The molecule has 5 rings (SSSR count). The van der Waals surface area contributed by atoms with Crippen molar-refractivity contribution in [2.45, 2.75) is 38.8 Å². The minimum atomic E-state index is -0.00293. The first-order chi connectivity index (χ1) is 18.9. The van der Waals surface area contributed by atoms with Crippen LogP contribution in [0.25, 0.3) is 11.0 Å². The Kier molecular flexibility index (Phi) is 7.87. The van der Waals surface area contributed by atoms with Gasteiger partial charge in [0.15, 0.2) is 5.82 Å². The molecule has 4 heterocycles. The van der Waals surface area contributed by atoms with E-state index in [0.29, 0.717) is 47.7 Å². The highest BCUT2D eigenvalue weighted by Crippen LogP contribution is 2.40.